The van der Waals surface area contributed by atoms with Gasteiger partial charge >= 0.3 is 5.97 Å². The Morgan fingerprint density at radius 2 is 2.05 bits per heavy atom. The Labute approximate surface area is 126 Å². The fourth-order valence-electron chi connectivity index (χ4n) is 2.32. The lowest BCUT2D eigenvalue weighted by molar-refractivity contribution is 0.0697. The number of rotatable bonds is 2. The van der Waals surface area contributed by atoms with E-state index in [1.165, 1.54) is 6.07 Å². The van der Waals surface area contributed by atoms with Gasteiger partial charge in [-0.15, -0.1) is 0 Å². The molecule has 0 radical (unpaired) electrons. The third kappa shape index (κ3) is 2.34. The minimum absolute atomic E-state index is 0.203. The van der Waals surface area contributed by atoms with Crippen LogP contribution in [0.25, 0.3) is 22.0 Å². The first-order chi connectivity index (χ1) is 10.1. The summed E-state index contributed by atoms with van der Waals surface area (Å²) in [6.07, 6.45) is 3.28. The maximum absolute atomic E-state index is 11.2. The van der Waals surface area contributed by atoms with Crippen molar-refractivity contribution in [2.75, 3.05) is 0 Å². The number of aromatic carboxylic acids is 1. The SMILES string of the molecule is Cc1ncccc1-c1c(Cl)cnc2ccc(C(=O)O)cc12. The summed E-state index contributed by atoms with van der Waals surface area (Å²) >= 11 is 6.30. The lowest BCUT2D eigenvalue weighted by atomic mass is 9.99. The van der Waals surface area contributed by atoms with Crippen LogP contribution in [0.3, 0.4) is 0 Å². The van der Waals surface area contributed by atoms with Crippen molar-refractivity contribution in [1.29, 1.82) is 0 Å². The van der Waals surface area contributed by atoms with Crippen molar-refractivity contribution < 1.29 is 9.90 Å². The predicted octanol–water partition coefficient (Wildman–Crippen LogP) is 3.96. The molecule has 1 aromatic carbocycles. The Hall–Kier alpha value is -2.46. The summed E-state index contributed by atoms with van der Waals surface area (Å²) in [6, 6.07) is 8.55. The monoisotopic (exact) mass is 298 g/mol. The van der Waals surface area contributed by atoms with Crippen LogP contribution in [-0.4, -0.2) is 21.0 Å². The second-order valence-corrected chi connectivity index (χ2v) is 5.06. The zero-order valence-electron chi connectivity index (χ0n) is 11.2. The van der Waals surface area contributed by atoms with E-state index in [1.807, 2.05) is 19.1 Å². The van der Waals surface area contributed by atoms with E-state index in [4.69, 9.17) is 16.7 Å². The topological polar surface area (TPSA) is 63.1 Å². The van der Waals surface area contributed by atoms with Crippen molar-refractivity contribution >= 4 is 28.5 Å². The van der Waals surface area contributed by atoms with Crippen LogP contribution in [-0.2, 0) is 0 Å². The molecule has 0 aliphatic heterocycles. The van der Waals surface area contributed by atoms with E-state index in [1.54, 1.807) is 24.5 Å². The fraction of sp³-hybridized carbons (Fsp3) is 0.0625. The van der Waals surface area contributed by atoms with Crippen LogP contribution in [0.5, 0.6) is 0 Å². The molecule has 5 heteroatoms. The quantitative estimate of drug-likeness (QED) is 0.778. The summed E-state index contributed by atoms with van der Waals surface area (Å²) in [7, 11) is 0. The number of aromatic nitrogens is 2. The molecule has 1 N–H and O–H groups in total. The smallest absolute Gasteiger partial charge is 0.335 e. The summed E-state index contributed by atoms with van der Waals surface area (Å²) in [5, 5.41) is 10.3. The van der Waals surface area contributed by atoms with Gasteiger partial charge in [-0.3, -0.25) is 9.97 Å². The lowest BCUT2D eigenvalue weighted by Crippen LogP contribution is -1.97. The highest BCUT2D eigenvalue weighted by molar-refractivity contribution is 6.34. The number of nitrogens with zero attached hydrogens (tertiary/aromatic N) is 2. The van der Waals surface area contributed by atoms with E-state index < -0.39 is 5.97 Å². The van der Waals surface area contributed by atoms with Crippen molar-refractivity contribution in [3.8, 4) is 11.1 Å². The predicted molar refractivity (Wildman–Crippen MR) is 81.7 cm³/mol. The molecule has 4 nitrogen and oxygen atoms in total. The van der Waals surface area contributed by atoms with Gasteiger partial charge in [-0.05, 0) is 31.2 Å². The molecule has 0 bridgehead atoms. The van der Waals surface area contributed by atoms with Crippen molar-refractivity contribution in [2.24, 2.45) is 0 Å². The molecular weight excluding hydrogens is 288 g/mol. The van der Waals surface area contributed by atoms with Crippen LogP contribution in [0.2, 0.25) is 5.02 Å². The van der Waals surface area contributed by atoms with Gasteiger partial charge in [0.2, 0.25) is 0 Å². The first kappa shape index (κ1) is 13.5. The third-order valence-corrected chi connectivity index (χ3v) is 3.63. The van der Waals surface area contributed by atoms with Crippen LogP contribution in [0, 0.1) is 6.92 Å². The van der Waals surface area contributed by atoms with Gasteiger partial charge in [-0.2, -0.15) is 0 Å². The minimum Gasteiger partial charge on any atom is -0.478 e. The Morgan fingerprint density at radius 1 is 1.24 bits per heavy atom. The Bertz CT molecular complexity index is 862. The van der Waals surface area contributed by atoms with Crippen LogP contribution < -0.4 is 0 Å². The summed E-state index contributed by atoms with van der Waals surface area (Å²) in [5.41, 5.74) is 3.36. The molecule has 0 atom stereocenters. The molecule has 0 aliphatic carbocycles. The van der Waals surface area contributed by atoms with Crippen molar-refractivity contribution in [3.63, 3.8) is 0 Å². The van der Waals surface area contributed by atoms with Gasteiger partial charge < -0.3 is 5.11 Å². The summed E-state index contributed by atoms with van der Waals surface area (Å²) in [4.78, 5) is 19.7. The Kier molecular flexibility index (Phi) is 3.31. The average Bonchev–Trinajstić information content (AvgIpc) is 2.48. The van der Waals surface area contributed by atoms with E-state index in [-0.39, 0.29) is 5.56 Å². The van der Waals surface area contributed by atoms with Gasteiger partial charge in [0.15, 0.2) is 0 Å². The molecule has 0 fully saturated rings. The molecule has 0 spiro atoms. The van der Waals surface area contributed by atoms with Gasteiger partial charge in [0.05, 0.1) is 16.1 Å². The zero-order valence-corrected chi connectivity index (χ0v) is 11.9. The largest absolute Gasteiger partial charge is 0.478 e. The second-order valence-electron chi connectivity index (χ2n) is 4.65. The van der Waals surface area contributed by atoms with E-state index in [2.05, 4.69) is 9.97 Å². The van der Waals surface area contributed by atoms with Gasteiger partial charge in [-0.25, -0.2) is 4.79 Å². The van der Waals surface area contributed by atoms with E-state index in [0.29, 0.717) is 15.9 Å². The molecule has 0 saturated carbocycles. The maximum Gasteiger partial charge on any atom is 0.335 e. The molecule has 3 aromatic rings. The number of halogens is 1. The molecule has 0 amide bonds. The summed E-state index contributed by atoms with van der Waals surface area (Å²) in [6.45, 7) is 1.89. The molecular formula is C16H11ClN2O2. The van der Waals surface area contributed by atoms with E-state index in [9.17, 15) is 4.79 Å². The minimum atomic E-state index is -0.981. The molecule has 21 heavy (non-hydrogen) atoms. The third-order valence-electron chi connectivity index (χ3n) is 3.34. The number of pyridine rings is 2. The highest BCUT2D eigenvalue weighted by Crippen LogP contribution is 2.35. The molecule has 0 saturated heterocycles. The molecule has 2 aromatic heterocycles. The molecule has 0 aliphatic rings. The van der Waals surface area contributed by atoms with Gasteiger partial charge in [-0.1, -0.05) is 17.7 Å². The molecule has 0 unspecified atom stereocenters. The highest BCUT2D eigenvalue weighted by atomic mass is 35.5. The van der Waals surface area contributed by atoms with Gasteiger partial charge in [0.1, 0.15) is 0 Å². The Morgan fingerprint density at radius 3 is 2.76 bits per heavy atom. The first-order valence-corrected chi connectivity index (χ1v) is 6.69. The average molecular weight is 299 g/mol. The standard InChI is InChI=1S/C16H11ClN2O2/c1-9-11(3-2-6-18-9)15-12-7-10(16(20)21)4-5-14(12)19-8-13(15)17/h2-8H,1H3,(H,20,21). The summed E-state index contributed by atoms with van der Waals surface area (Å²) < 4.78 is 0. The Balaban J connectivity index is 2.40. The van der Waals surface area contributed by atoms with Crippen LogP contribution >= 0.6 is 11.6 Å². The van der Waals surface area contributed by atoms with Crippen molar-refractivity contribution in [3.05, 3.63) is 59.0 Å². The highest BCUT2D eigenvalue weighted by Gasteiger charge is 2.14. The van der Waals surface area contributed by atoms with Gasteiger partial charge in [0.25, 0.3) is 0 Å². The fourth-order valence-corrected chi connectivity index (χ4v) is 2.58. The summed E-state index contributed by atoms with van der Waals surface area (Å²) in [5.74, 6) is -0.981. The number of fused-ring (bicyclic) bond motifs is 1. The number of carbonyl (C=O) groups is 1. The first-order valence-electron chi connectivity index (χ1n) is 6.31. The number of benzene rings is 1. The van der Waals surface area contributed by atoms with Crippen LogP contribution in [0.4, 0.5) is 0 Å². The van der Waals surface area contributed by atoms with Crippen molar-refractivity contribution in [1.82, 2.24) is 9.97 Å². The molecule has 2 heterocycles. The number of aryl methyl sites for hydroxylation is 1. The van der Waals surface area contributed by atoms with Crippen LogP contribution in [0.15, 0.2) is 42.7 Å². The van der Waals surface area contributed by atoms with Crippen molar-refractivity contribution in [2.45, 2.75) is 6.92 Å². The number of hydrogen-bond acceptors (Lipinski definition) is 3. The maximum atomic E-state index is 11.2. The normalized spacial score (nSPS) is 10.8. The lowest BCUT2D eigenvalue weighted by Gasteiger charge is -2.11. The van der Waals surface area contributed by atoms with Crippen LogP contribution in [0.1, 0.15) is 16.1 Å². The van der Waals surface area contributed by atoms with E-state index >= 15 is 0 Å². The zero-order chi connectivity index (χ0) is 15.0. The second kappa shape index (κ2) is 5.14. The number of hydrogen-bond donors (Lipinski definition) is 1. The number of carboxylic acid groups (broad SMARTS) is 1. The number of carboxylic acids is 1. The van der Waals surface area contributed by atoms with Gasteiger partial charge in [0, 0.05) is 34.6 Å². The molecule has 3 rings (SSSR count). The van der Waals surface area contributed by atoms with E-state index in [0.717, 1.165) is 16.8 Å². The molecule has 104 valence electrons.